The first-order chi connectivity index (χ1) is 9.52. The molecule has 20 heavy (non-hydrogen) atoms. The summed E-state index contributed by atoms with van der Waals surface area (Å²) in [6.45, 7) is 0.445. The average molecular weight is 468 g/mol. The molecule has 0 atom stereocenters. The van der Waals surface area contributed by atoms with Gasteiger partial charge in [0.1, 0.15) is 11.6 Å². The number of rotatable bonds is 4. The lowest BCUT2D eigenvalue weighted by molar-refractivity contribution is 0.407. The van der Waals surface area contributed by atoms with Crippen molar-refractivity contribution >= 4 is 53.5 Å². The molecule has 0 aromatic heterocycles. The Labute approximate surface area is 142 Å². The number of methoxy groups -OCH3 is 1. The molecule has 0 amide bonds. The molecule has 0 bridgehead atoms. The highest BCUT2D eigenvalue weighted by atomic mass is 79.9. The van der Waals surface area contributed by atoms with Gasteiger partial charge in [-0.2, -0.15) is 0 Å². The number of benzene rings is 2. The van der Waals surface area contributed by atoms with Gasteiger partial charge in [0.2, 0.25) is 0 Å². The van der Waals surface area contributed by atoms with Crippen molar-refractivity contribution in [2.24, 2.45) is 0 Å². The van der Waals surface area contributed by atoms with Crippen molar-refractivity contribution < 1.29 is 9.13 Å². The molecule has 0 fully saturated rings. The van der Waals surface area contributed by atoms with E-state index in [4.69, 9.17) is 4.74 Å². The van der Waals surface area contributed by atoms with Crippen molar-refractivity contribution in [3.05, 3.63) is 55.1 Å². The van der Waals surface area contributed by atoms with Crippen LogP contribution in [-0.4, -0.2) is 7.11 Å². The third kappa shape index (κ3) is 3.54. The molecular weight excluding hydrogens is 457 g/mol. The minimum absolute atomic E-state index is 0.299. The third-order valence-electron chi connectivity index (χ3n) is 2.71. The maximum atomic E-state index is 13.8. The first-order valence-electron chi connectivity index (χ1n) is 5.72. The lowest BCUT2D eigenvalue weighted by Crippen LogP contribution is -2.04. The van der Waals surface area contributed by atoms with Gasteiger partial charge in [0.05, 0.1) is 17.3 Å². The van der Waals surface area contributed by atoms with E-state index in [9.17, 15) is 4.39 Å². The number of hydrogen-bond acceptors (Lipinski definition) is 2. The van der Waals surface area contributed by atoms with Crippen LogP contribution in [0.1, 0.15) is 5.56 Å². The van der Waals surface area contributed by atoms with Crippen molar-refractivity contribution in [3.63, 3.8) is 0 Å². The topological polar surface area (TPSA) is 21.3 Å². The second-order valence-electron chi connectivity index (χ2n) is 4.03. The van der Waals surface area contributed by atoms with Crippen LogP contribution in [0.25, 0.3) is 0 Å². The van der Waals surface area contributed by atoms with Gasteiger partial charge in [0.15, 0.2) is 0 Å². The summed E-state index contributed by atoms with van der Waals surface area (Å²) in [4.78, 5) is 0. The lowest BCUT2D eigenvalue weighted by atomic mass is 10.2. The zero-order valence-electron chi connectivity index (χ0n) is 10.5. The summed E-state index contributed by atoms with van der Waals surface area (Å²) in [7, 11) is 1.61. The number of para-hydroxylation sites is 1. The lowest BCUT2D eigenvalue weighted by Gasteiger charge is -2.14. The molecule has 0 saturated heterocycles. The van der Waals surface area contributed by atoms with Gasteiger partial charge in [-0.3, -0.25) is 0 Å². The predicted molar refractivity (Wildman–Crippen MR) is 89.8 cm³/mol. The Hall–Kier alpha value is -0.590. The molecule has 1 N–H and O–H groups in total. The summed E-state index contributed by atoms with van der Waals surface area (Å²) in [6.07, 6.45) is 0. The Bertz CT molecular complexity index is 614. The Morgan fingerprint density at radius 2 is 1.90 bits per heavy atom. The molecule has 0 radical (unpaired) electrons. The molecule has 0 spiro atoms. The Kier molecular flexibility index (Phi) is 5.46. The zero-order valence-corrected chi connectivity index (χ0v) is 15.3. The summed E-state index contributed by atoms with van der Waals surface area (Å²) in [5.74, 6) is 0.431. The number of halogens is 4. The van der Waals surface area contributed by atoms with Gasteiger partial charge < -0.3 is 10.1 Å². The van der Waals surface area contributed by atoms with Crippen LogP contribution in [-0.2, 0) is 6.54 Å². The van der Waals surface area contributed by atoms with Crippen LogP contribution in [0.2, 0.25) is 0 Å². The van der Waals surface area contributed by atoms with E-state index in [1.54, 1.807) is 19.2 Å². The third-order valence-corrected chi connectivity index (χ3v) is 4.42. The van der Waals surface area contributed by atoms with Crippen LogP contribution in [0.5, 0.6) is 5.75 Å². The molecule has 2 aromatic carbocycles. The van der Waals surface area contributed by atoms with E-state index in [1.165, 1.54) is 6.07 Å². The molecule has 2 rings (SSSR count). The molecule has 6 heteroatoms. The fourth-order valence-corrected chi connectivity index (χ4v) is 3.78. The summed E-state index contributed by atoms with van der Waals surface area (Å²) >= 11 is 10.2. The second-order valence-corrected chi connectivity index (χ2v) is 6.65. The molecular formula is C14H11Br3FNO. The molecule has 0 saturated carbocycles. The van der Waals surface area contributed by atoms with E-state index < -0.39 is 0 Å². The van der Waals surface area contributed by atoms with E-state index in [0.717, 1.165) is 20.3 Å². The zero-order chi connectivity index (χ0) is 14.7. The van der Waals surface area contributed by atoms with Gasteiger partial charge in [-0.05, 0) is 56.1 Å². The first-order valence-corrected chi connectivity index (χ1v) is 8.10. The highest BCUT2D eigenvalue weighted by molar-refractivity contribution is 9.11. The largest absolute Gasteiger partial charge is 0.495 e. The quantitative estimate of drug-likeness (QED) is 0.619. The van der Waals surface area contributed by atoms with E-state index in [-0.39, 0.29) is 5.82 Å². The molecule has 0 aliphatic heterocycles. The Morgan fingerprint density at radius 1 is 1.15 bits per heavy atom. The predicted octanol–water partition coefficient (Wildman–Crippen LogP) is 5.73. The molecule has 0 aliphatic rings. The Morgan fingerprint density at radius 3 is 2.55 bits per heavy atom. The van der Waals surface area contributed by atoms with Crippen LogP contribution in [0.4, 0.5) is 10.1 Å². The molecule has 2 aromatic rings. The van der Waals surface area contributed by atoms with Crippen molar-refractivity contribution in [1.29, 1.82) is 0 Å². The van der Waals surface area contributed by atoms with Gasteiger partial charge in [0, 0.05) is 21.1 Å². The normalized spacial score (nSPS) is 10.4. The van der Waals surface area contributed by atoms with E-state index >= 15 is 0 Å². The van der Waals surface area contributed by atoms with Gasteiger partial charge in [-0.15, -0.1) is 0 Å². The van der Waals surface area contributed by atoms with Crippen molar-refractivity contribution in [3.8, 4) is 5.75 Å². The maximum Gasteiger partial charge on any atom is 0.147 e. The second kappa shape index (κ2) is 6.91. The summed E-state index contributed by atoms with van der Waals surface area (Å²) in [5.41, 5.74) is 1.36. The number of hydrogen-bond donors (Lipinski definition) is 1. The SMILES string of the molecule is COc1c(Br)cc(Br)cc1CNc1c(F)cccc1Br. The highest BCUT2D eigenvalue weighted by Gasteiger charge is 2.11. The van der Waals surface area contributed by atoms with Crippen molar-refractivity contribution in [2.75, 3.05) is 12.4 Å². The smallest absolute Gasteiger partial charge is 0.147 e. The van der Waals surface area contributed by atoms with E-state index in [2.05, 4.69) is 53.1 Å². The molecule has 0 unspecified atom stereocenters. The maximum absolute atomic E-state index is 13.8. The standard InChI is InChI=1S/C14H11Br3FNO/c1-20-14-8(5-9(15)6-11(14)17)7-19-13-10(16)3-2-4-12(13)18/h2-6,19H,7H2,1H3. The first kappa shape index (κ1) is 15.8. The van der Waals surface area contributed by atoms with Crippen molar-refractivity contribution in [1.82, 2.24) is 0 Å². The van der Waals surface area contributed by atoms with Gasteiger partial charge in [-0.25, -0.2) is 4.39 Å². The molecule has 106 valence electrons. The summed E-state index contributed by atoms with van der Waals surface area (Å²) in [6, 6.07) is 8.70. The number of ether oxygens (including phenoxy) is 1. The van der Waals surface area contributed by atoms with Crippen LogP contribution in [0.3, 0.4) is 0 Å². The highest BCUT2D eigenvalue weighted by Crippen LogP contribution is 2.34. The Balaban J connectivity index is 2.27. The van der Waals surface area contributed by atoms with Gasteiger partial charge in [0.25, 0.3) is 0 Å². The van der Waals surface area contributed by atoms with Crippen LogP contribution in [0.15, 0.2) is 43.7 Å². The van der Waals surface area contributed by atoms with Gasteiger partial charge >= 0.3 is 0 Å². The fourth-order valence-electron chi connectivity index (χ4n) is 1.82. The average Bonchev–Trinajstić information content (AvgIpc) is 2.37. The fraction of sp³-hybridized carbons (Fsp3) is 0.143. The number of nitrogens with one attached hydrogen (secondary N) is 1. The summed E-state index contributed by atoms with van der Waals surface area (Å²) < 4.78 is 21.6. The number of anilines is 1. The molecule has 0 aliphatic carbocycles. The van der Waals surface area contributed by atoms with E-state index in [0.29, 0.717) is 16.7 Å². The van der Waals surface area contributed by atoms with Crippen LogP contribution in [0, 0.1) is 5.82 Å². The monoisotopic (exact) mass is 465 g/mol. The van der Waals surface area contributed by atoms with E-state index in [1.807, 2.05) is 12.1 Å². The molecule has 2 nitrogen and oxygen atoms in total. The van der Waals surface area contributed by atoms with Gasteiger partial charge in [-0.1, -0.05) is 22.0 Å². The van der Waals surface area contributed by atoms with Crippen LogP contribution < -0.4 is 10.1 Å². The minimum atomic E-state index is -0.299. The molecule has 0 heterocycles. The summed E-state index contributed by atoms with van der Waals surface area (Å²) in [5, 5.41) is 3.08. The van der Waals surface area contributed by atoms with Crippen LogP contribution >= 0.6 is 47.8 Å². The van der Waals surface area contributed by atoms with Crippen molar-refractivity contribution in [2.45, 2.75) is 6.54 Å². The minimum Gasteiger partial charge on any atom is -0.495 e.